The summed E-state index contributed by atoms with van der Waals surface area (Å²) in [4.78, 5) is 22.3. The number of nitrogens with two attached hydrogens (primary N) is 2. The van der Waals surface area contributed by atoms with Crippen molar-refractivity contribution in [3.05, 3.63) is 0 Å². The molecule has 0 rings (SSSR count). The average molecular weight is 281 g/mol. The molecule has 106 valence electrons. The van der Waals surface area contributed by atoms with Crippen molar-refractivity contribution in [1.82, 2.24) is 5.32 Å². The van der Waals surface area contributed by atoms with Gasteiger partial charge in [-0.3, -0.25) is 10.2 Å². The van der Waals surface area contributed by atoms with Crippen LogP contribution >= 0.6 is 12.4 Å². The Labute approximate surface area is 113 Å². The van der Waals surface area contributed by atoms with Crippen LogP contribution < -0.4 is 16.8 Å². The van der Waals surface area contributed by atoms with Gasteiger partial charge in [0.05, 0.1) is 0 Å². The van der Waals surface area contributed by atoms with Crippen molar-refractivity contribution in [1.29, 1.82) is 5.41 Å². The van der Waals surface area contributed by atoms with Gasteiger partial charge in [-0.15, -0.1) is 12.4 Å². The smallest absolute Gasteiger partial charge is 0.330 e. The fraction of sp³-hybridized carbons (Fsp3) is 0.700. The van der Waals surface area contributed by atoms with E-state index in [1.807, 2.05) is 6.92 Å². The van der Waals surface area contributed by atoms with Gasteiger partial charge in [0.15, 0.2) is 5.96 Å². The normalized spacial score (nSPS) is 11.0. The van der Waals surface area contributed by atoms with E-state index in [1.165, 1.54) is 0 Å². The number of rotatable bonds is 7. The minimum absolute atomic E-state index is 0. The van der Waals surface area contributed by atoms with Crippen molar-refractivity contribution in [2.45, 2.75) is 38.6 Å². The molecule has 0 aliphatic heterocycles. The van der Waals surface area contributed by atoms with Gasteiger partial charge in [0.25, 0.3) is 0 Å². The zero-order valence-electron chi connectivity index (χ0n) is 10.4. The molecule has 0 bridgehead atoms. The molecule has 0 radical (unpaired) electrons. The first kappa shape index (κ1) is 19.0. The summed E-state index contributed by atoms with van der Waals surface area (Å²) in [5.74, 6) is -1.37. The van der Waals surface area contributed by atoms with Crippen LogP contribution in [0.5, 0.6) is 0 Å². The summed E-state index contributed by atoms with van der Waals surface area (Å²) in [6.45, 7) is 2.28. The highest BCUT2D eigenvalue weighted by Crippen LogP contribution is 1.99. The highest BCUT2D eigenvalue weighted by atomic mass is 35.5. The minimum Gasteiger partial charge on any atom is -0.392 e. The van der Waals surface area contributed by atoms with Crippen LogP contribution in [0, 0.1) is 5.41 Å². The molecule has 0 aliphatic rings. The molecule has 1 atom stereocenters. The molecule has 0 heterocycles. The van der Waals surface area contributed by atoms with Crippen molar-refractivity contribution in [2.24, 2.45) is 11.5 Å². The zero-order chi connectivity index (χ0) is 13.3. The lowest BCUT2D eigenvalue weighted by Crippen LogP contribution is -2.36. The number of hydrogen-bond donors (Lipinski definition) is 4. The number of hydrogen-bond acceptors (Lipinski definition) is 5. The lowest BCUT2D eigenvalue weighted by molar-refractivity contribution is -0.160. The third-order valence-corrected chi connectivity index (χ3v) is 1.98. The first-order chi connectivity index (χ1) is 7.97. The van der Waals surface area contributed by atoms with Crippen molar-refractivity contribution >= 4 is 30.3 Å². The van der Waals surface area contributed by atoms with Crippen LogP contribution in [0.1, 0.15) is 32.6 Å². The Hall–Kier alpha value is -1.34. The summed E-state index contributed by atoms with van der Waals surface area (Å²) in [7, 11) is 0. The van der Waals surface area contributed by atoms with Gasteiger partial charge in [0, 0.05) is 13.0 Å². The molecule has 0 aromatic rings. The second-order valence-corrected chi connectivity index (χ2v) is 3.63. The SMILES string of the molecule is CCCC(=O)OC(=O)[C@@H](N)CCCNC(=N)N.Cl. The average Bonchev–Trinajstić information content (AvgIpc) is 2.23. The lowest BCUT2D eigenvalue weighted by atomic mass is 10.2. The van der Waals surface area contributed by atoms with Gasteiger partial charge in [-0.2, -0.15) is 0 Å². The molecule has 0 aromatic heterocycles. The second-order valence-electron chi connectivity index (χ2n) is 3.63. The first-order valence-electron chi connectivity index (χ1n) is 5.55. The van der Waals surface area contributed by atoms with Gasteiger partial charge >= 0.3 is 11.9 Å². The maximum atomic E-state index is 11.3. The van der Waals surface area contributed by atoms with Crippen LogP contribution in [0.3, 0.4) is 0 Å². The number of nitrogens with one attached hydrogen (secondary N) is 2. The van der Waals surface area contributed by atoms with E-state index in [0.29, 0.717) is 25.8 Å². The van der Waals surface area contributed by atoms with Crippen LogP contribution in [-0.4, -0.2) is 30.5 Å². The zero-order valence-corrected chi connectivity index (χ0v) is 11.2. The number of carbonyl (C=O) groups is 2. The van der Waals surface area contributed by atoms with Crippen LogP contribution in [0.15, 0.2) is 0 Å². The number of esters is 2. The molecular weight excluding hydrogens is 260 g/mol. The molecule has 0 saturated carbocycles. The number of ether oxygens (including phenoxy) is 1. The van der Waals surface area contributed by atoms with Gasteiger partial charge < -0.3 is 21.5 Å². The Bertz CT molecular complexity index is 286. The van der Waals surface area contributed by atoms with E-state index in [2.05, 4.69) is 10.1 Å². The largest absolute Gasteiger partial charge is 0.392 e. The highest BCUT2D eigenvalue weighted by molar-refractivity contribution is 5.88. The van der Waals surface area contributed by atoms with Crippen molar-refractivity contribution in [3.63, 3.8) is 0 Å². The number of guanidine groups is 1. The topological polar surface area (TPSA) is 131 Å². The number of carbonyl (C=O) groups excluding carboxylic acids is 2. The summed E-state index contributed by atoms with van der Waals surface area (Å²) in [6, 6.07) is -0.815. The molecule has 0 amide bonds. The first-order valence-corrected chi connectivity index (χ1v) is 5.55. The number of halogens is 1. The molecule has 0 aromatic carbocycles. The molecule has 8 heteroatoms. The summed E-state index contributed by atoms with van der Waals surface area (Å²) < 4.78 is 4.54. The second kappa shape index (κ2) is 10.8. The van der Waals surface area contributed by atoms with Gasteiger partial charge in [-0.1, -0.05) is 6.92 Å². The summed E-state index contributed by atoms with van der Waals surface area (Å²) in [5, 5.41) is 9.49. The van der Waals surface area contributed by atoms with Gasteiger partial charge in [0.2, 0.25) is 0 Å². The summed E-state index contributed by atoms with van der Waals surface area (Å²) in [5.41, 5.74) is 10.6. The molecule has 0 saturated heterocycles. The van der Waals surface area contributed by atoms with Crippen LogP contribution in [-0.2, 0) is 14.3 Å². The Morgan fingerprint density at radius 1 is 1.44 bits per heavy atom. The molecule has 0 aliphatic carbocycles. The van der Waals surface area contributed by atoms with Crippen LogP contribution in [0.25, 0.3) is 0 Å². The third kappa shape index (κ3) is 9.86. The molecule has 0 spiro atoms. The Balaban J connectivity index is 0. The molecule has 7 nitrogen and oxygen atoms in total. The van der Waals surface area contributed by atoms with Crippen LogP contribution in [0.4, 0.5) is 0 Å². The van der Waals surface area contributed by atoms with Gasteiger partial charge in [-0.25, -0.2) is 4.79 Å². The predicted octanol–water partition coefficient (Wildman–Crippen LogP) is -0.131. The lowest BCUT2D eigenvalue weighted by Gasteiger charge is -2.10. The van der Waals surface area contributed by atoms with E-state index in [-0.39, 0.29) is 24.8 Å². The van der Waals surface area contributed by atoms with E-state index in [9.17, 15) is 9.59 Å². The fourth-order valence-corrected chi connectivity index (χ4v) is 1.11. The quantitative estimate of drug-likeness (QED) is 0.169. The van der Waals surface area contributed by atoms with E-state index in [1.54, 1.807) is 0 Å². The molecule has 0 fully saturated rings. The maximum Gasteiger partial charge on any atom is 0.330 e. The van der Waals surface area contributed by atoms with Gasteiger partial charge in [0.1, 0.15) is 6.04 Å². The summed E-state index contributed by atoms with van der Waals surface area (Å²) >= 11 is 0. The van der Waals surface area contributed by atoms with E-state index in [0.717, 1.165) is 0 Å². The Morgan fingerprint density at radius 3 is 2.56 bits per heavy atom. The maximum absolute atomic E-state index is 11.3. The van der Waals surface area contributed by atoms with Crippen molar-refractivity contribution < 1.29 is 14.3 Å². The predicted molar refractivity (Wildman–Crippen MR) is 70.4 cm³/mol. The Morgan fingerprint density at radius 2 is 2.06 bits per heavy atom. The molecule has 0 unspecified atom stereocenters. The van der Waals surface area contributed by atoms with E-state index >= 15 is 0 Å². The Kier molecular flexibility index (Phi) is 11.4. The fourth-order valence-electron chi connectivity index (χ4n) is 1.11. The molecule has 6 N–H and O–H groups in total. The van der Waals surface area contributed by atoms with E-state index < -0.39 is 18.0 Å². The third-order valence-electron chi connectivity index (χ3n) is 1.98. The van der Waals surface area contributed by atoms with Crippen molar-refractivity contribution in [2.75, 3.05) is 6.54 Å². The molecular formula is C10H21ClN4O3. The standard InChI is InChI=1S/C10H20N4O3.ClH/c1-2-4-8(15)17-9(16)7(11)5-3-6-14-10(12)13;/h7H,2-6,11H2,1H3,(H4,12,13,14);1H/t7-;/m0./s1. The highest BCUT2D eigenvalue weighted by Gasteiger charge is 2.17. The van der Waals surface area contributed by atoms with E-state index in [4.69, 9.17) is 16.9 Å². The monoisotopic (exact) mass is 280 g/mol. The van der Waals surface area contributed by atoms with Crippen LogP contribution in [0.2, 0.25) is 0 Å². The van der Waals surface area contributed by atoms with Gasteiger partial charge in [-0.05, 0) is 19.3 Å². The summed E-state index contributed by atoms with van der Waals surface area (Å²) in [6.07, 6.45) is 1.78. The molecule has 18 heavy (non-hydrogen) atoms. The minimum atomic E-state index is -0.815. The van der Waals surface area contributed by atoms with Crippen molar-refractivity contribution in [3.8, 4) is 0 Å².